The summed E-state index contributed by atoms with van der Waals surface area (Å²) >= 11 is 6.19. The van der Waals surface area contributed by atoms with Gasteiger partial charge in [-0.1, -0.05) is 23.7 Å². The van der Waals surface area contributed by atoms with Crippen molar-refractivity contribution in [1.82, 2.24) is 15.1 Å². The van der Waals surface area contributed by atoms with Crippen molar-refractivity contribution in [2.45, 2.75) is 20.5 Å². The molecule has 3 rings (SSSR count). The fourth-order valence-electron chi connectivity index (χ4n) is 2.97. The molecule has 1 aromatic heterocycles. The maximum Gasteiger partial charge on any atom is 0.273 e. The first-order valence-corrected chi connectivity index (χ1v) is 9.72. The Morgan fingerprint density at radius 1 is 1.10 bits per heavy atom. The molecule has 0 fully saturated rings. The van der Waals surface area contributed by atoms with Crippen LogP contribution >= 0.6 is 11.6 Å². The number of hydrogen-bond donors (Lipinski definition) is 2. The molecule has 0 saturated carbocycles. The van der Waals surface area contributed by atoms with E-state index in [-0.39, 0.29) is 17.5 Å². The predicted octanol–water partition coefficient (Wildman–Crippen LogP) is 3.88. The van der Waals surface area contributed by atoms with Gasteiger partial charge in [0.1, 0.15) is 12.4 Å². The Labute approximate surface area is 180 Å². The number of aryl methyl sites for hydroxylation is 3. The zero-order valence-electron chi connectivity index (χ0n) is 17.2. The van der Waals surface area contributed by atoms with E-state index in [2.05, 4.69) is 15.7 Å². The molecule has 0 aliphatic rings. The molecule has 2 aromatic carbocycles. The molecule has 0 radical (unpaired) electrons. The number of ether oxygens (including phenoxy) is 1. The molecule has 0 aliphatic heterocycles. The third kappa shape index (κ3) is 4.80. The van der Waals surface area contributed by atoms with Gasteiger partial charge in [-0.05, 0) is 54.8 Å². The van der Waals surface area contributed by atoms with E-state index in [9.17, 15) is 9.59 Å². The first kappa shape index (κ1) is 21.4. The largest absolute Gasteiger partial charge is 0.489 e. The number of nitrogens with one attached hydrogen (secondary N) is 2. The van der Waals surface area contributed by atoms with Crippen LogP contribution < -0.4 is 15.4 Å². The normalized spacial score (nSPS) is 10.6. The van der Waals surface area contributed by atoms with Crippen LogP contribution in [0, 0.1) is 13.8 Å². The molecule has 0 bridgehead atoms. The summed E-state index contributed by atoms with van der Waals surface area (Å²) in [7, 11) is 3.19. The lowest BCUT2D eigenvalue weighted by Crippen LogP contribution is -2.21. The molecule has 0 atom stereocenters. The zero-order valence-corrected chi connectivity index (χ0v) is 18.0. The number of halogens is 1. The molecule has 1 heterocycles. The fourth-order valence-corrected chi connectivity index (χ4v) is 3.08. The lowest BCUT2D eigenvalue weighted by molar-refractivity contribution is 0.0958. The van der Waals surface area contributed by atoms with Crippen molar-refractivity contribution < 1.29 is 14.3 Å². The standard InChI is InChI=1S/C22H23ClN4O3/c1-13-9-17(10-14(2)19(13)23)30-12-15-5-7-16(8-6-15)21(28)25-18-11-27(4)26-20(18)22(29)24-3/h5-11H,12H2,1-4H3,(H,24,29)(H,25,28). The molecule has 2 amide bonds. The van der Waals surface area contributed by atoms with Crippen molar-refractivity contribution in [1.29, 1.82) is 0 Å². The van der Waals surface area contributed by atoms with E-state index in [0.717, 1.165) is 27.5 Å². The van der Waals surface area contributed by atoms with Gasteiger partial charge in [-0.15, -0.1) is 0 Å². The van der Waals surface area contributed by atoms with Crippen molar-refractivity contribution in [2.75, 3.05) is 12.4 Å². The molecule has 30 heavy (non-hydrogen) atoms. The Balaban J connectivity index is 1.66. The molecule has 3 aromatic rings. The summed E-state index contributed by atoms with van der Waals surface area (Å²) in [5, 5.41) is 10.1. The number of rotatable bonds is 6. The quantitative estimate of drug-likeness (QED) is 0.626. The highest BCUT2D eigenvalue weighted by atomic mass is 35.5. The first-order chi connectivity index (χ1) is 14.3. The van der Waals surface area contributed by atoms with E-state index in [1.165, 1.54) is 11.7 Å². The monoisotopic (exact) mass is 426 g/mol. The lowest BCUT2D eigenvalue weighted by Gasteiger charge is -2.10. The van der Waals surface area contributed by atoms with Crippen molar-refractivity contribution in [2.24, 2.45) is 7.05 Å². The Morgan fingerprint density at radius 2 is 1.73 bits per heavy atom. The molecule has 2 N–H and O–H groups in total. The van der Waals surface area contributed by atoms with Crippen LogP contribution in [0.4, 0.5) is 5.69 Å². The number of benzene rings is 2. The van der Waals surface area contributed by atoms with E-state index in [0.29, 0.717) is 17.9 Å². The minimum atomic E-state index is -0.369. The second-order valence-electron chi connectivity index (χ2n) is 6.95. The van der Waals surface area contributed by atoms with E-state index in [1.807, 2.05) is 38.1 Å². The number of nitrogens with zero attached hydrogens (tertiary/aromatic N) is 2. The van der Waals surface area contributed by atoms with Crippen LogP contribution in [-0.2, 0) is 13.7 Å². The molecule has 7 nitrogen and oxygen atoms in total. The third-order valence-corrected chi connectivity index (χ3v) is 5.15. The summed E-state index contributed by atoms with van der Waals surface area (Å²) in [6.45, 7) is 4.24. The molecular weight excluding hydrogens is 404 g/mol. The number of aromatic nitrogens is 2. The van der Waals surface area contributed by atoms with Crippen molar-refractivity contribution in [3.05, 3.63) is 75.6 Å². The summed E-state index contributed by atoms with van der Waals surface area (Å²) in [6.07, 6.45) is 1.58. The molecule has 0 spiro atoms. The average Bonchev–Trinajstić information content (AvgIpc) is 3.10. The van der Waals surface area contributed by atoms with Crippen molar-refractivity contribution in [3.8, 4) is 5.75 Å². The Bertz CT molecular complexity index is 1070. The van der Waals surface area contributed by atoms with Gasteiger partial charge in [0.15, 0.2) is 5.69 Å². The first-order valence-electron chi connectivity index (χ1n) is 9.34. The number of anilines is 1. The van der Waals surface area contributed by atoms with Crippen molar-refractivity contribution >= 4 is 29.1 Å². The van der Waals surface area contributed by atoms with Crippen LogP contribution in [0.5, 0.6) is 5.75 Å². The van der Waals surface area contributed by atoms with Gasteiger partial charge >= 0.3 is 0 Å². The van der Waals surface area contributed by atoms with Gasteiger partial charge in [0.25, 0.3) is 11.8 Å². The smallest absolute Gasteiger partial charge is 0.273 e. The topological polar surface area (TPSA) is 85.3 Å². The Kier molecular flexibility index (Phi) is 6.42. The fraction of sp³-hybridized carbons (Fsp3) is 0.227. The summed E-state index contributed by atoms with van der Waals surface area (Å²) in [6, 6.07) is 10.9. The summed E-state index contributed by atoms with van der Waals surface area (Å²) in [5.41, 5.74) is 3.82. The Hall–Kier alpha value is -3.32. The van der Waals surface area contributed by atoms with Crippen LogP contribution in [0.2, 0.25) is 5.02 Å². The lowest BCUT2D eigenvalue weighted by atomic mass is 10.1. The Morgan fingerprint density at radius 3 is 2.33 bits per heavy atom. The molecule has 0 aliphatic carbocycles. The van der Waals surface area contributed by atoms with Gasteiger partial charge in [0, 0.05) is 30.9 Å². The highest BCUT2D eigenvalue weighted by Crippen LogP contribution is 2.26. The molecular formula is C22H23ClN4O3. The molecule has 8 heteroatoms. The predicted molar refractivity (Wildman–Crippen MR) is 116 cm³/mol. The van der Waals surface area contributed by atoms with Crippen LogP contribution in [-0.4, -0.2) is 28.6 Å². The number of amides is 2. The van der Waals surface area contributed by atoms with E-state index in [1.54, 1.807) is 25.4 Å². The minimum absolute atomic E-state index is 0.159. The number of hydrogen-bond acceptors (Lipinski definition) is 4. The molecule has 0 saturated heterocycles. The van der Waals surface area contributed by atoms with Crippen LogP contribution in [0.15, 0.2) is 42.6 Å². The second kappa shape index (κ2) is 9.00. The number of carbonyl (C=O) groups excluding carboxylic acids is 2. The summed E-state index contributed by atoms with van der Waals surface area (Å²) in [4.78, 5) is 24.5. The maximum atomic E-state index is 12.6. The third-order valence-electron chi connectivity index (χ3n) is 4.55. The van der Waals surface area contributed by atoms with Crippen LogP contribution in [0.3, 0.4) is 0 Å². The minimum Gasteiger partial charge on any atom is -0.489 e. The van der Waals surface area contributed by atoms with Gasteiger partial charge in [-0.3, -0.25) is 14.3 Å². The second-order valence-corrected chi connectivity index (χ2v) is 7.33. The van der Waals surface area contributed by atoms with E-state index >= 15 is 0 Å². The van der Waals surface area contributed by atoms with Crippen LogP contribution in [0.1, 0.15) is 37.5 Å². The van der Waals surface area contributed by atoms with Gasteiger partial charge in [0.2, 0.25) is 0 Å². The average molecular weight is 427 g/mol. The van der Waals surface area contributed by atoms with Gasteiger partial charge in [-0.25, -0.2) is 0 Å². The summed E-state index contributed by atoms with van der Waals surface area (Å²) < 4.78 is 7.32. The van der Waals surface area contributed by atoms with Gasteiger partial charge in [-0.2, -0.15) is 5.10 Å². The molecule has 156 valence electrons. The highest BCUT2D eigenvalue weighted by Gasteiger charge is 2.17. The van der Waals surface area contributed by atoms with Gasteiger partial charge in [0.05, 0.1) is 5.69 Å². The highest BCUT2D eigenvalue weighted by molar-refractivity contribution is 6.32. The van der Waals surface area contributed by atoms with E-state index < -0.39 is 0 Å². The summed E-state index contributed by atoms with van der Waals surface area (Å²) in [5.74, 6) is 0.0465. The SMILES string of the molecule is CNC(=O)c1nn(C)cc1NC(=O)c1ccc(COc2cc(C)c(Cl)c(C)c2)cc1. The maximum absolute atomic E-state index is 12.6. The van der Waals surface area contributed by atoms with E-state index in [4.69, 9.17) is 16.3 Å². The zero-order chi connectivity index (χ0) is 21.8. The molecule has 0 unspecified atom stereocenters. The van der Waals surface area contributed by atoms with Crippen LogP contribution in [0.25, 0.3) is 0 Å². The number of carbonyl (C=O) groups is 2. The van der Waals surface area contributed by atoms with Gasteiger partial charge < -0.3 is 15.4 Å². The van der Waals surface area contributed by atoms with Crippen molar-refractivity contribution in [3.63, 3.8) is 0 Å².